The second kappa shape index (κ2) is 7.21. The van der Waals surface area contributed by atoms with Crippen molar-refractivity contribution in [3.05, 3.63) is 64.6 Å². The van der Waals surface area contributed by atoms with Crippen molar-refractivity contribution in [2.75, 3.05) is 19.4 Å². The summed E-state index contributed by atoms with van der Waals surface area (Å²) in [6.45, 7) is 0.390. The summed E-state index contributed by atoms with van der Waals surface area (Å²) in [4.78, 5) is 18.9. The molecule has 2 aromatic heterocycles. The highest BCUT2D eigenvalue weighted by atomic mass is 35.5. The summed E-state index contributed by atoms with van der Waals surface area (Å²) in [7, 11) is 3.65. The molecule has 0 aliphatic carbocycles. The smallest absolute Gasteiger partial charge is 0.320 e. The SMILES string of the molecule is CN(C)Cc1c(C(=O)Nc2ccc(Cl)cc2C(F)(F)F)nc2ccccn12. The van der Waals surface area contributed by atoms with Crippen LogP contribution in [-0.4, -0.2) is 34.3 Å². The minimum atomic E-state index is -4.65. The molecule has 0 saturated heterocycles. The maximum Gasteiger partial charge on any atom is 0.418 e. The number of carbonyl (C=O) groups is 1. The quantitative estimate of drug-likeness (QED) is 0.714. The Labute approximate surface area is 158 Å². The molecule has 27 heavy (non-hydrogen) atoms. The van der Waals surface area contributed by atoms with E-state index in [2.05, 4.69) is 10.3 Å². The molecule has 1 aromatic carbocycles. The van der Waals surface area contributed by atoms with Crippen molar-refractivity contribution < 1.29 is 18.0 Å². The summed E-state index contributed by atoms with van der Waals surface area (Å²) >= 11 is 5.68. The summed E-state index contributed by atoms with van der Waals surface area (Å²) in [5, 5.41) is 2.26. The van der Waals surface area contributed by atoms with Gasteiger partial charge in [0.25, 0.3) is 5.91 Å². The largest absolute Gasteiger partial charge is 0.418 e. The Kier molecular flexibility index (Phi) is 5.12. The molecule has 0 radical (unpaired) electrons. The zero-order valence-electron chi connectivity index (χ0n) is 14.5. The summed E-state index contributed by atoms with van der Waals surface area (Å²) in [5.41, 5.74) is -0.203. The van der Waals surface area contributed by atoms with Crippen molar-refractivity contribution in [3.63, 3.8) is 0 Å². The zero-order valence-corrected chi connectivity index (χ0v) is 15.3. The molecule has 0 fully saturated rings. The van der Waals surface area contributed by atoms with Crippen LogP contribution in [0.1, 0.15) is 21.7 Å². The Bertz CT molecular complexity index is 998. The predicted octanol–water partition coefficient (Wildman–Crippen LogP) is 4.32. The number of imidazole rings is 1. The number of benzene rings is 1. The van der Waals surface area contributed by atoms with Crippen LogP contribution >= 0.6 is 11.6 Å². The van der Waals surface area contributed by atoms with Crippen molar-refractivity contribution in [1.29, 1.82) is 0 Å². The van der Waals surface area contributed by atoms with Crippen molar-refractivity contribution >= 4 is 28.8 Å². The molecule has 0 bridgehead atoms. The number of fused-ring (bicyclic) bond motifs is 1. The van der Waals surface area contributed by atoms with Crippen LogP contribution in [0.25, 0.3) is 5.65 Å². The van der Waals surface area contributed by atoms with E-state index < -0.39 is 17.6 Å². The molecule has 2 heterocycles. The van der Waals surface area contributed by atoms with E-state index in [0.717, 1.165) is 12.1 Å². The van der Waals surface area contributed by atoms with Crippen LogP contribution in [0.15, 0.2) is 42.6 Å². The molecule has 9 heteroatoms. The van der Waals surface area contributed by atoms with Gasteiger partial charge in [-0.25, -0.2) is 4.98 Å². The van der Waals surface area contributed by atoms with Gasteiger partial charge in [0.05, 0.1) is 16.9 Å². The number of alkyl halides is 3. The summed E-state index contributed by atoms with van der Waals surface area (Å²) in [5.74, 6) is -0.719. The lowest BCUT2D eigenvalue weighted by Gasteiger charge is -2.15. The van der Waals surface area contributed by atoms with Crippen LogP contribution < -0.4 is 5.32 Å². The molecule has 3 rings (SSSR count). The van der Waals surface area contributed by atoms with E-state index in [1.807, 2.05) is 19.0 Å². The van der Waals surface area contributed by atoms with Crippen molar-refractivity contribution in [2.24, 2.45) is 0 Å². The lowest BCUT2D eigenvalue weighted by molar-refractivity contribution is -0.136. The Balaban J connectivity index is 2.03. The number of rotatable bonds is 4. The first-order valence-electron chi connectivity index (χ1n) is 7.95. The molecule has 5 nitrogen and oxygen atoms in total. The first kappa shape index (κ1) is 19.2. The molecule has 1 N–H and O–H groups in total. The third-order valence-corrected chi connectivity index (χ3v) is 4.08. The van der Waals surface area contributed by atoms with Gasteiger partial charge >= 0.3 is 6.18 Å². The molecular formula is C18H16ClF3N4O. The minimum Gasteiger partial charge on any atom is -0.320 e. The number of aromatic nitrogens is 2. The molecule has 0 aliphatic heterocycles. The summed E-state index contributed by atoms with van der Waals surface area (Å²) in [6.07, 6.45) is -2.90. The van der Waals surface area contributed by atoms with Gasteiger partial charge in [-0.1, -0.05) is 17.7 Å². The molecule has 0 saturated carbocycles. The highest BCUT2D eigenvalue weighted by molar-refractivity contribution is 6.30. The molecule has 0 unspecified atom stereocenters. The second-order valence-corrected chi connectivity index (χ2v) is 6.65. The average Bonchev–Trinajstić information content (AvgIpc) is 2.94. The van der Waals surface area contributed by atoms with Gasteiger partial charge in [0, 0.05) is 17.8 Å². The standard InChI is InChI=1S/C18H16ClF3N4O/c1-25(2)10-14-16(24-15-5-3-4-8-26(14)15)17(27)23-13-7-6-11(19)9-12(13)18(20,21)22/h3-9H,10H2,1-2H3,(H,23,27). The molecule has 0 atom stereocenters. The van der Waals surface area contributed by atoms with E-state index >= 15 is 0 Å². The molecule has 1 amide bonds. The number of nitrogens with zero attached hydrogens (tertiary/aromatic N) is 3. The number of halogens is 4. The topological polar surface area (TPSA) is 49.6 Å². The Morgan fingerprint density at radius 1 is 1.26 bits per heavy atom. The van der Waals surface area contributed by atoms with E-state index in [0.29, 0.717) is 17.9 Å². The Morgan fingerprint density at radius 2 is 2.00 bits per heavy atom. The summed E-state index contributed by atoms with van der Waals surface area (Å²) in [6, 6.07) is 8.48. The van der Waals surface area contributed by atoms with Crippen LogP contribution in [0.2, 0.25) is 5.02 Å². The maximum absolute atomic E-state index is 13.3. The zero-order chi connectivity index (χ0) is 19.8. The normalized spacial score (nSPS) is 12.0. The lowest BCUT2D eigenvalue weighted by atomic mass is 10.1. The van der Waals surface area contributed by atoms with Gasteiger partial charge in [-0.05, 0) is 44.4 Å². The number of hydrogen-bond acceptors (Lipinski definition) is 3. The number of anilines is 1. The molecule has 0 spiro atoms. The fraction of sp³-hybridized carbons (Fsp3) is 0.222. The van der Waals surface area contributed by atoms with E-state index in [4.69, 9.17) is 11.6 Å². The number of carbonyl (C=O) groups excluding carboxylic acids is 1. The maximum atomic E-state index is 13.3. The first-order valence-corrected chi connectivity index (χ1v) is 8.33. The van der Waals surface area contributed by atoms with Gasteiger partial charge in [-0.2, -0.15) is 13.2 Å². The highest BCUT2D eigenvalue weighted by Gasteiger charge is 2.34. The van der Waals surface area contributed by atoms with E-state index in [1.165, 1.54) is 6.07 Å². The lowest BCUT2D eigenvalue weighted by Crippen LogP contribution is -2.21. The number of hydrogen-bond donors (Lipinski definition) is 1. The molecule has 3 aromatic rings. The number of amides is 1. The van der Waals surface area contributed by atoms with Crippen LogP contribution in [0, 0.1) is 0 Å². The third kappa shape index (κ3) is 4.06. The van der Waals surface area contributed by atoms with Crippen LogP contribution in [0.5, 0.6) is 0 Å². The third-order valence-electron chi connectivity index (χ3n) is 3.85. The van der Waals surface area contributed by atoms with E-state index in [-0.39, 0.29) is 16.4 Å². The van der Waals surface area contributed by atoms with Crippen molar-refractivity contribution in [1.82, 2.24) is 14.3 Å². The van der Waals surface area contributed by atoms with Gasteiger partial charge in [0.1, 0.15) is 5.65 Å². The van der Waals surface area contributed by atoms with Gasteiger partial charge in [0.2, 0.25) is 0 Å². The average molecular weight is 397 g/mol. The monoisotopic (exact) mass is 396 g/mol. The first-order chi connectivity index (χ1) is 12.7. The molecule has 0 aliphatic rings. The van der Waals surface area contributed by atoms with E-state index in [1.54, 1.807) is 28.8 Å². The Morgan fingerprint density at radius 3 is 2.67 bits per heavy atom. The molecule has 142 valence electrons. The van der Waals surface area contributed by atoms with Crippen molar-refractivity contribution in [3.8, 4) is 0 Å². The van der Waals surface area contributed by atoms with Crippen LogP contribution in [-0.2, 0) is 12.7 Å². The highest BCUT2D eigenvalue weighted by Crippen LogP contribution is 2.36. The van der Waals surface area contributed by atoms with Gasteiger partial charge in [-0.15, -0.1) is 0 Å². The van der Waals surface area contributed by atoms with Crippen LogP contribution in [0.4, 0.5) is 18.9 Å². The second-order valence-electron chi connectivity index (χ2n) is 6.22. The minimum absolute atomic E-state index is 0.0676. The fourth-order valence-corrected chi connectivity index (χ4v) is 2.89. The van der Waals surface area contributed by atoms with Crippen molar-refractivity contribution in [2.45, 2.75) is 12.7 Å². The van der Waals surface area contributed by atoms with Crippen LogP contribution in [0.3, 0.4) is 0 Å². The fourth-order valence-electron chi connectivity index (χ4n) is 2.72. The van der Waals surface area contributed by atoms with E-state index in [9.17, 15) is 18.0 Å². The summed E-state index contributed by atoms with van der Waals surface area (Å²) < 4.78 is 41.5. The van der Waals surface area contributed by atoms with Gasteiger partial charge in [-0.3, -0.25) is 4.79 Å². The molecular weight excluding hydrogens is 381 g/mol. The predicted molar refractivity (Wildman–Crippen MR) is 97.0 cm³/mol. The van der Waals surface area contributed by atoms with Gasteiger partial charge in [0.15, 0.2) is 5.69 Å². The Hall–Kier alpha value is -2.58. The van der Waals surface area contributed by atoms with Gasteiger partial charge < -0.3 is 14.6 Å². The number of nitrogens with one attached hydrogen (secondary N) is 1. The number of pyridine rings is 1.